The van der Waals surface area contributed by atoms with Gasteiger partial charge in [-0.3, -0.25) is 9.59 Å². The van der Waals surface area contributed by atoms with Gasteiger partial charge in [0.15, 0.2) is 0 Å². The highest BCUT2D eigenvalue weighted by Gasteiger charge is 2.22. The van der Waals surface area contributed by atoms with Crippen molar-refractivity contribution in [1.82, 2.24) is 5.32 Å². The van der Waals surface area contributed by atoms with E-state index in [0.717, 1.165) is 0 Å². The first-order valence-corrected chi connectivity index (χ1v) is 4.39. The Morgan fingerprint density at radius 1 is 1.15 bits per heavy atom. The van der Waals surface area contributed by atoms with Crippen LogP contribution in [0.5, 0.6) is 0 Å². The maximum atomic E-state index is 11.2. The number of aliphatic carboxylic acids is 1. The molecule has 0 aromatic carbocycles. The maximum absolute atomic E-state index is 11.2. The van der Waals surface area contributed by atoms with Gasteiger partial charge in [0.05, 0.1) is 0 Å². The fourth-order valence-electron chi connectivity index (χ4n) is 0.628. The third-order valence-corrected chi connectivity index (χ3v) is 2.13. The van der Waals surface area contributed by atoms with Crippen LogP contribution < -0.4 is 5.32 Å². The Morgan fingerprint density at radius 2 is 1.62 bits per heavy atom. The number of hydrogen-bond acceptors (Lipinski definition) is 2. The fraction of sp³-hybridized carbons (Fsp3) is 0.778. The molecule has 13 heavy (non-hydrogen) atoms. The van der Waals surface area contributed by atoms with Crippen LogP contribution in [0.2, 0.25) is 0 Å². The Kier molecular flexibility index (Phi) is 4.45. The second-order valence-electron chi connectivity index (χ2n) is 3.60. The highest BCUT2D eigenvalue weighted by atomic mass is 16.4. The van der Waals surface area contributed by atoms with Crippen molar-refractivity contribution in [3.63, 3.8) is 0 Å². The molecule has 2 atom stereocenters. The highest BCUT2D eigenvalue weighted by Crippen LogP contribution is 2.02. The lowest BCUT2D eigenvalue weighted by Crippen LogP contribution is -2.41. The first-order valence-electron chi connectivity index (χ1n) is 4.39. The number of carbonyl (C=O) groups excluding carboxylic acids is 1. The molecule has 0 saturated heterocycles. The quantitative estimate of drug-likeness (QED) is 0.642. The van der Waals surface area contributed by atoms with E-state index in [9.17, 15) is 9.59 Å². The minimum absolute atomic E-state index is 0.00861. The van der Waals surface area contributed by atoms with Gasteiger partial charge in [0, 0.05) is 6.04 Å². The molecule has 0 saturated carbocycles. The SMILES string of the molecule is CC(C(=O)O)C(=O)NC(C)C(C)C. The smallest absolute Gasteiger partial charge is 0.315 e. The van der Waals surface area contributed by atoms with E-state index in [-0.39, 0.29) is 6.04 Å². The summed E-state index contributed by atoms with van der Waals surface area (Å²) in [5, 5.41) is 11.2. The van der Waals surface area contributed by atoms with Crippen molar-refractivity contribution in [3.05, 3.63) is 0 Å². The molecule has 0 aliphatic heterocycles. The summed E-state index contributed by atoms with van der Waals surface area (Å²) in [6, 6.07) is 0.00861. The van der Waals surface area contributed by atoms with E-state index in [4.69, 9.17) is 5.11 Å². The van der Waals surface area contributed by atoms with Crippen LogP contribution in [-0.2, 0) is 9.59 Å². The van der Waals surface area contributed by atoms with Gasteiger partial charge in [-0.1, -0.05) is 13.8 Å². The topological polar surface area (TPSA) is 66.4 Å². The molecule has 0 aliphatic rings. The van der Waals surface area contributed by atoms with Crippen LogP contribution in [0.15, 0.2) is 0 Å². The maximum Gasteiger partial charge on any atom is 0.315 e. The second-order valence-corrected chi connectivity index (χ2v) is 3.60. The minimum Gasteiger partial charge on any atom is -0.481 e. The van der Waals surface area contributed by atoms with E-state index >= 15 is 0 Å². The molecule has 4 nitrogen and oxygen atoms in total. The molecule has 1 amide bonds. The van der Waals surface area contributed by atoms with Crippen molar-refractivity contribution < 1.29 is 14.7 Å². The molecule has 0 aromatic heterocycles. The number of amides is 1. The summed E-state index contributed by atoms with van der Waals surface area (Å²) in [5.74, 6) is -2.17. The highest BCUT2D eigenvalue weighted by molar-refractivity contribution is 5.96. The largest absolute Gasteiger partial charge is 0.481 e. The average molecular weight is 187 g/mol. The lowest BCUT2D eigenvalue weighted by molar-refractivity contribution is -0.146. The van der Waals surface area contributed by atoms with Crippen LogP contribution in [0, 0.1) is 11.8 Å². The monoisotopic (exact) mass is 187 g/mol. The van der Waals surface area contributed by atoms with Gasteiger partial charge in [-0.15, -0.1) is 0 Å². The molecule has 0 heterocycles. The molecule has 0 spiro atoms. The van der Waals surface area contributed by atoms with Crippen LogP contribution in [-0.4, -0.2) is 23.0 Å². The summed E-state index contributed by atoms with van der Waals surface area (Å²) in [6.07, 6.45) is 0. The summed E-state index contributed by atoms with van der Waals surface area (Å²) in [5.41, 5.74) is 0. The lowest BCUT2D eigenvalue weighted by Gasteiger charge is -2.18. The summed E-state index contributed by atoms with van der Waals surface area (Å²) < 4.78 is 0. The van der Waals surface area contributed by atoms with Crippen LogP contribution in [0.3, 0.4) is 0 Å². The zero-order valence-corrected chi connectivity index (χ0v) is 8.50. The predicted molar refractivity (Wildman–Crippen MR) is 49.2 cm³/mol. The predicted octanol–water partition coefficient (Wildman–Crippen LogP) is 0.868. The molecular formula is C9H17NO3. The van der Waals surface area contributed by atoms with E-state index in [1.54, 1.807) is 0 Å². The summed E-state index contributed by atoms with van der Waals surface area (Å²) in [6.45, 7) is 7.18. The zero-order chi connectivity index (χ0) is 10.6. The normalized spacial score (nSPS) is 15.2. The summed E-state index contributed by atoms with van der Waals surface area (Å²) >= 11 is 0. The first kappa shape index (κ1) is 11.9. The van der Waals surface area contributed by atoms with Crippen LogP contribution in [0.1, 0.15) is 27.7 Å². The Morgan fingerprint density at radius 3 is 1.92 bits per heavy atom. The zero-order valence-electron chi connectivity index (χ0n) is 8.50. The van der Waals surface area contributed by atoms with Gasteiger partial charge in [-0.05, 0) is 19.8 Å². The molecule has 2 N–H and O–H groups in total. The Balaban J connectivity index is 4.08. The Labute approximate surface area is 78.3 Å². The standard InChI is InChI=1S/C9H17NO3/c1-5(2)7(4)10-8(11)6(3)9(12)13/h5-7H,1-4H3,(H,10,11)(H,12,13). The van der Waals surface area contributed by atoms with Gasteiger partial charge in [0.1, 0.15) is 5.92 Å². The van der Waals surface area contributed by atoms with Gasteiger partial charge in [-0.2, -0.15) is 0 Å². The summed E-state index contributed by atoms with van der Waals surface area (Å²) in [7, 11) is 0. The van der Waals surface area contributed by atoms with Crippen molar-refractivity contribution in [1.29, 1.82) is 0 Å². The molecule has 0 aliphatic carbocycles. The number of nitrogens with one attached hydrogen (secondary N) is 1. The Hall–Kier alpha value is -1.06. The molecular weight excluding hydrogens is 170 g/mol. The summed E-state index contributed by atoms with van der Waals surface area (Å²) in [4.78, 5) is 21.6. The van der Waals surface area contributed by atoms with Crippen LogP contribution in [0.25, 0.3) is 0 Å². The van der Waals surface area contributed by atoms with E-state index < -0.39 is 17.8 Å². The van der Waals surface area contributed by atoms with Gasteiger partial charge < -0.3 is 10.4 Å². The lowest BCUT2D eigenvalue weighted by atomic mass is 10.1. The second kappa shape index (κ2) is 4.84. The molecule has 0 rings (SSSR count). The molecule has 76 valence electrons. The van der Waals surface area contributed by atoms with Gasteiger partial charge in [0.2, 0.25) is 5.91 Å². The number of carboxylic acid groups (broad SMARTS) is 1. The van der Waals surface area contributed by atoms with Crippen molar-refractivity contribution in [2.24, 2.45) is 11.8 Å². The van der Waals surface area contributed by atoms with E-state index in [1.165, 1.54) is 6.92 Å². The Bertz CT molecular complexity index is 201. The van der Waals surface area contributed by atoms with Gasteiger partial charge >= 0.3 is 5.97 Å². The third kappa shape index (κ3) is 3.92. The average Bonchev–Trinajstić information content (AvgIpc) is 2.02. The van der Waals surface area contributed by atoms with Crippen molar-refractivity contribution in [3.8, 4) is 0 Å². The van der Waals surface area contributed by atoms with Crippen molar-refractivity contribution in [2.75, 3.05) is 0 Å². The fourth-order valence-corrected chi connectivity index (χ4v) is 0.628. The molecule has 0 radical (unpaired) electrons. The first-order chi connectivity index (χ1) is 5.86. The minimum atomic E-state index is -1.09. The molecule has 0 aromatic rings. The van der Waals surface area contributed by atoms with Crippen LogP contribution in [0.4, 0.5) is 0 Å². The van der Waals surface area contributed by atoms with Gasteiger partial charge in [-0.25, -0.2) is 0 Å². The van der Waals surface area contributed by atoms with Crippen molar-refractivity contribution >= 4 is 11.9 Å². The molecule has 0 bridgehead atoms. The van der Waals surface area contributed by atoms with E-state index in [0.29, 0.717) is 5.92 Å². The number of carbonyl (C=O) groups is 2. The van der Waals surface area contributed by atoms with E-state index in [2.05, 4.69) is 5.32 Å². The van der Waals surface area contributed by atoms with Gasteiger partial charge in [0.25, 0.3) is 0 Å². The molecule has 4 heteroatoms. The number of carboxylic acids is 1. The van der Waals surface area contributed by atoms with E-state index in [1.807, 2.05) is 20.8 Å². The van der Waals surface area contributed by atoms with Crippen molar-refractivity contribution in [2.45, 2.75) is 33.7 Å². The number of hydrogen-bond donors (Lipinski definition) is 2. The molecule has 0 fully saturated rings. The number of rotatable bonds is 4. The molecule has 2 unspecified atom stereocenters. The third-order valence-electron chi connectivity index (χ3n) is 2.13. The van der Waals surface area contributed by atoms with Crippen LogP contribution >= 0.6 is 0 Å².